The summed E-state index contributed by atoms with van der Waals surface area (Å²) in [5.41, 5.74) is 2.53. The summed E-state index contributed by atoms with van der Waals surface area (Å²) in [5, 5.41) is 9.81. The van der Waals surface area contributed by atoms with Crippen LogP contribution in [-0.4, -0.2) is 66.7 Å². The van der Waals surface area contributed by atoms with Crippen molar-refractivity contribution in [3.63, 3.8) is 0 Å². The van der Waals surface area contributed by atoms with Gasteiger partial charge in [-0.25, -0.2) is 0 Å². The first-order chi connectivity index (χ1) is 12.0. The zero-order valence-corrected chi connectivity index (χ0v) is 15.7. The summed E-state index contributed by atoms with van der Waals surface area (Å²) in [6.07, 6.45) is 4.53. The normalized spacial score (nSPS) is 19.7. The van der Waals surface area contributed by atoms with E-state index in [-0.39, 0.29) is 6.54 Å². The number of piperidine rings is 1. The van der Waals surface area contributed by atoms with Gasteiger partial charge in [-0.2, -0.15) is 0 Å². The number of hydrogen-bond acceptors (Lipinski definition) is 4. The molecule has 3 rings (SSSR count). The number of carboxylic acid groups (broad SMARTS) is 1. The lowest BCUT2D eigenvalue weighted by Gasteiger charge is -2.37. The fraction of sp³-hybridized carbons (Fsp3) is 0.632. The Morgan fingerprint density at radius 3 is 2.56 bits per heavy atom. The number of nitrogens with zero attached hydrogens (tertiary/aromatic N) is 3. The van der Waals surface area contributed by atoms with Gasteiger partial charge < -0.3 is 10.0 Å². The number of rotatable bonds is 6. The van der Waals surface area contributed by atoms with E-state index in [2.05, 4.69) is 15.9 Å². The van der Waals surface area contributed by atoms with Gasteiger partial charge in [0.05, 0.1) is 6.54 Å². The van der Waals surface area contributed by atoms with Crippen LogP contribution in [0.5, 0.6) is 0 Å². The van der Waals surface area contributed by atoms with Crippen LogP contribution in [0.2, 0.25) is 5.02 Å². The standard InChI is InChI=1S/C19H28ClN3O2/c1-21(14-19(24)25)15-7-11-22(12-8-15)13-16-17(20)5-4-6-18(16)23-9-2-3-10-23/h4-6,15H,2-3,7-14H2,1H3,(H,24,25). The highest BCUT2D eigenvalue weighted by atomic mass is 35.5. The highest BCUT2D eigenvalue weighted by Gasteiger charge is 2.25. The third-order valence-electron chi connectivity index (χ3n) is 5.49. The second-order valence-electron chi connectivity index (χ2n) is 7.25. The smallest absolute Gasteiger partial charge is 0.317 e. The van der Waals surface area contributed by atoms with Crippen molar-refractivity contribution >= 4 is 23.3 Å². The molecule has 2 heterocycles. The summed E-state index contributed by atoms with van der Waals surface area (Å²) in [6.45, 7) is 5.21. The SMILES string of the molecule is CN(CC(=O)O)C1CCN(Cc2c(Cl)cccc2N2CCCC2)CC1. The number of likely N-dealkylation sites (tertiary alicyclic amines) is 1. The monoisotopic (exact) mass is 365 g/mol. The van der Waals surface area contributed by atoms with Gasteiger partial charge in [-0.05, 0) is 58.0 Å². The second-order valence-corrected chi connectivity index (χ2v) is 7.66. The summed E-state index contributed by atoms with van der Waals surface area (Å²) in [5.74, 6) is -0.753. The van der Waals surface area contributed by atoms with Gasteiger partial charge in [-0.3, -0.25) is 14.6 Å². The Bertz CT molecular complexity index is 596. The fourth-order valence-electron chi connectivity index (χ4n) is 4.04. The molecule has 6 heteroatoms. The first-order valence-corrected chi connectivity index (χ1v) is 9.59. The molecule has 0 unspecified atom stereocenters. The maximum atomic E-state index is 10.9. The first kappa shape index (κ1) is 18.5. The Hall–Kier alpha value is -1.30. The molecule has 0 saturated carbocycles. The van der Waals surface area contributed by atoms with Crippen molar-refractivity contribution in [3.05, 3.63) is 28.8 Å². The van der Waals surface area contributed by atoms with E-state index >= 15 is 0 Å². The third-order valence-corrected chi connectivity index (χ3v) is 5.84. The summed E-state index contributed by atoms with van der Waals surface area (Å²) >= 11 is 6.54. The fourth-order valence-corrected chi connectivity index (χ4v) is 4.27. The van der Waals surface area contributed by atoms with E-state index < -0.39 is 5.97 Å². The van der Waals surface area contributed by atoms with Gasteiger partial charge >= 0.3 is 5.97 Å². The van der Waals surface area contributed by atoms with E-state index in [1.807, 2.05) is 24.1 Å². The number of hydrogen-bond donors (Lipinski definition) is 1. The molecule has 0 bridgehead atoms. The van der Waals surface area contributed by atoms with Gasteiger partial charge in [0.2, 0.25) is 0 Å². The Balaban J connectivity index is 1.61. The van der Waals surface area contributed by atoms with E-state index in [4.69, 9.17) is 16.7 Å². The van der Waals surface area contributed by atoms with Crippen LogP contribution in [0.1, 0.15) is 31.2 Å². The van der Waals surface area contributed by atoms with Crippen molar-refractivity contribution in [2.24, 2.45) is 0 Å². The van der Waals surface area contributed by atoms with Gasteiger partial charge in [0.15, 0.2) is 0 Å². The van der Waals surface area contributed by atoms with Gasteiger partial charge in [0, 0.05) is 41.9 Å². The van der Waals surface area contributed by atoms with Crippen LogP contribution in [0.25, 0.3) is 0 Å². The van der Waals surface area contributed by atoms with Crippen LogP contribution in [-0.2, 0) is 11.3 Å². The third kappa shape index (κ3) is 4.66. The molecule has 0 atom stereocenters. The summed E-state index contributed by atoms with van der Waals surface area (Å²) in [7, 11) is 1.91. The molecule has 138 valence electrons. The molecule has 0 radical (unpaired) electrons. The van der Waals surface area contributed by atoms with E-state index in [0.29, 0.717) is 6.04 Å². The quantitative estimate of drug-likeness (QED) is 0.839. The molecule has 1 aromatic carbocycles. The van der Waals surface area contributed by atoms with Crippen LogP contribution in [0, 0.1) is 0 Å². The highest BCUT2D eigenvalue weighted by molar-refractivity contribution is 6.31. The molecule has 2 fully saturated rings. The molecule has 2 aliphatic heterocycles. The predicted molar refractivity (Wildman–Crippen MR) is 101 cm³/mol. The minimum Gasteiger partial charge on any atom is -0.480 e. The number of carbonyl (C=O) groups is 1. The van der Waals surface area contributed by atoms with Crippen molar-refractivity contribution in [1.29, 1.82) is 0 Å². The van der Waals surface area contributed by atoms with Crippen LogP contribution in [0.4, 0.5) is 5.69 Å². The minimum absolute atomic E-state index is 0.119. The Morgan fingerprint density at radius 1 is 1.24 bits per heavy atom. The number of aliphatic carboxylic acids is 1. The van der Waals surface area contributed by atoms with E-state index in [0.717, 1.165) is 50.6 Å². The number of carboxylic acids is 1. The van der Waals surface area contributed by atoms with Gasteiger partial charge in [-0.1, -0.05) is 17.7 Å². The van der Waals surface area contributed by atoms with E-state index in [9.17, 15) is 4.79 Å². The van der Waals surface area contributed by atoms with Gasteiger partial charge in [-0.15, -0.1) is 0 Å². The zero-order chi connectivity index (χ0) is 17.8. The molecule has 0 aromatic heterocycles. The average Bonchev–Trinajstić information content (AvgIpc) is 3.11. The van der Waals surface area contributed by atoms with Crippen molar-refractivity contribution in [1.82, 2.24) is 9.80 Å². The topological polar surface area (TPSA) is 47.0 Å². The Labute approximate surface area is 155 Å². The number of likely N-dealkylation sites (N-methyl/N-ethyl adjacent to an activating group) is 1. The van der Waals surface area contributed by atoms with Gasteiger partial charge in [0.25, 0.3) is 0 Å². The molecular weight excluding hydrogens is 338 g/mol. The molecule has 0 spiro atoms. The van der Waals surface area contributed by atoms with Crippen molar-refractivity contribution in [2.45, 2.75) is 38.3 Å². The lowest BCUT2D eigenvalue weighted by atomic mass is 10.0. The number of benzene rings is 1. The average molecular weight is 366 g/mol. The Morgan fingerprint density at radius 2 is 1.92 bits per heavy atom. The molecule has 2 saturated heterocycles. The minimum atomic E-state index is -0.753. The summed E-state index contributed by atoms with van der Waals surface area (Å²) < 4.78 is 0. The maximum Gasteiger partial charge on any atom is 0.317 e. The number of anilines is 1. The molecule has 5 nitrogen and oxygen atoms in total. The zero-order valence-electron chi connectivity index (χ0n) is 15.0. The molecular formula is C19H28ClN3O2. The van der Waals surface area contributed by atoms with Crippen molar-refractivity contribution in [3.8, 4) is 0 Å². The molecule has 1 aromatic rings. The van der Waals surface area contributed by atoms with Crippen LogP contribution >= 0.6 is 11.6 Å². The highest BCUT2D eigenvalue weighted by Crippen LogP contribution is 2.32. The van der Waals surface area contributed by atoms with E-state index in [1.165, 1.54) is 24.1 Å². The summed E-state index contributed by atoms with van der Waals surface area (Å²) in [4.78, 5) is 17.8. The molecule has 0 aliphatic carbocycles. The van der Waals surface area contributed by atoms with Crippen LogP contribution in [0.15, 0.2) is 18.2 Å². The van der Waals surface area contributed by atoms with Gasteiger partial charge in [0.1, 0.15) is 0 Å². The largest absolute Gasteiger partial charge is 0.480 e. The molecule has 0 amide bonds. The molecule has 1 N–H and O–H groups in total. The van der Waals surface area contributed by atoms with Crippen LogP contribution < -0.4 is 4.90 Å². The first-order valence-electron chi connectivity index (χ1n) is 9.21. The van der Waals surface area contributed by atoms with E-state index in [1.54, 1.807) is 0 Å². The second kappa shape index (κ2) is 8.39. The maximum absolute atomic E-state index is 10.9. The van der Waals surface area contributed by atoms with Crippen molar-refractivity contribution < 1.29 is 9.90 Å². The van der Waals surface area contributed by atoms with Crippen LogP contribution in [0.3, 0.4) is 0 Å². The molecule has 2 aliphatic rings. The lowest BCUT2D eigenvalue weighted by molar-refractivity contribution is -0.138. The number of halogens is 1. The predicted octanol–water partition coefficient (Wildman–Crippen LogP) is 2.92. The van der Waals surface area contributed by atoms with Crippen molar-refractivity contribution in [2.75, 3.05) is 44.7 Å². The molecule has 25 heavy (non-hydrogen) atoms. The lowest BCUT2D eigenvalue weighted by Crippen LogP contribution is -2.44. The Kier molecular flexibility index (Phi) is 6.20. The summed E-state index contributed by atoms with van der Waals surface area (Å²) in [6, 6.07) is 6.59.